The molecule has 2 aliphatic heterocycles. The highest BCUT2D eigenvalue weighted by Crippen LogP contribution is 2.22. The Morgan fingerprint density at radius 2 is 2.08 bits per heavy atom. The normalized spacial score (nSPS) is 21.1. The van der Waals surface area contributed by atoms with Gasteiger partial charge in [0.15, 0.2) is 5.16 Å². The highest BCUT2D eigenvalue weighted by atomic mass is 32.2. The average Bonchev–Trinajstić information content (AvgIpc) is 3.15. The molecule has 2 aliphatic rings. The van der Waals surface area contributed by atoms with E-state index in [0.717, 1.165) is 25.9 Å². The minimum atomic E-state index is -1.06. The van der Waals surface area contributed by atoms with Gasteiger partial charge < -0.3 is 20.2 Å². The molecule has 2 N–H and O–H groups in total. The number of piperazine rings is 1. The molecule has 2 fully saturated rings. The van der Waals surface area contributed by atoms with Crippen LogP contribution in [-0.4, -0.2) is 76.9 Å². The summed E-state index contributed by atoms with van der Waals surface area (Å²) >= 11 is 1.36. The summed E-state index contributed by atoms with van der Waals surface area (Å²) in [6.45, 7) is 3.25. The molecule has 3 heterocycles. The molecule has 2 saturated heterocycles. The third-order valence-corrected chi connectivity index (χ3v) is 4.91. The van der Waals surface area contributed by atoms with Gasteiger partial charge in [-0.25, -0.2) is 14.8 Å². The van der Waals surface area contributed by atoms with Gasteiger partial charge in [0, 0.05) is 38.9 Å². The predicted molar refractivity (Wildman–Crippen MR) is 90.6 cm³/mol. The number of amides is 1. The van der Waals surface area contributed by atoms with Crippen LogP contribution in [0.5, 0.6) is 0 Å². The summed E-state index contributed by atoms with van der Waals surface area (Å²) < 4.78 is 0. The lowest BCUT2D eigenvalue weighted by molar-refractivity contribution is -0.132. The van der Waals surface area contributed by atoms with E-state index in [-0.39, 0.29) is 17.5 Å². The number of carbonyl (C=O) groups excluding carboxylic acids is 1. The molecular formula is C15H21N5O3S. The first kappa shape index (κ1) is 17.0. The van der Waals surface area contributed by atoms with Crippen molar-refractivity contribution in [2.45, 2.75) is 24.0 Å². The molecular weight excluding hydrogens is 330 g/mol. The quantitative estimate of drug-likeness (QED) is 0.590. The lowest BCUT2D eigenvalue weighted by Crippen LogP contribution is -2.58. The van der Waals surface area contributed by atoms with Crippen LogP contribution in [0.2, 0.25) is 0 Å². The SMILES string of the molecule is CSc1ncc(C(=O)O)c(N2CCNC(C(=O)N3CCCC3)C2)n1. The molecule has 1 atom stereocenters. The number of thioether (sulfide) groups is 1. The Morgan fingerprint density at radius 3 is 2.75 bits per heavy atom. The van der Waals surface area contributed by atoms with Crippen LogP contribution >= 0.6 is 11.8 Å². The molecule has 9 heteroatoms. The maximum absolute atomic E-state index is 12.6. The standard InChI is InChI=1S/C15H21N5O3S/c1-24-15-17-8-10(14(22)23)12(18-15)20-7-4-16-11(9-20)13(21)19-5-2-3-6-19/h8,11,16H,2-7,9H2,1H3,(H,22,23). The molecule has 0 radical (unpaired) electrons. The van der Waals surface area contributed by atoms with E-state index in [4.69, 9.17) is 0 Å². The van der Waals surface area contributed by atoms with Crippen molar-refractivity contribution in [3.63, 3.8) is 0 Å². The predicted octanol–water partition coefficient (Wildman–Crippen LogP) is 0.297. The summed E-state index contributed by atoms with van der Waals surface area (Å²) in [5.74, 6) is -0.575. The Labute approximate surface area is 144 Å². The Balaban J connectivity index is 1.81. The van der Waals surface area contributed by atoms with Crippen molar-refractivity contribution in [1.29, 1.82) is 0 Å². The van der Waals surface area contributed by atoms with Crippen molar-refractivity contribution in [2.75, 3.05) is 43.9 Å². The number of hydrogen-bond acceptors (Lipinski definition) is 7. The molecule has 3 rings (SSSR count). The van der Waals surface area contributed by atoms with Gasteiger partial charge in [0.05, 0.1) is 0 Å². The second kappa shape index (κ2) is 7.35. The van der Waals surface area contributed by atoms with Gasteiger partial charge in [-0.2, -0.15) is 0 Å². The van der Waals surface area contributed by atoms with Crippen LogP contribution in [0.25, 0.3) is 0 Å². The zero-order chi connectivity index (χ0) is 17.1. The van der Waals surface area contributed by atoms with E-state index >= 15 is 0 Å². The van der Waals surface area contributed by atoms with Crippen molar-refractivity contribution < 1.29 is 14.7 Å². The summed E-state index contributed by atoms with van der Waals surface area (Å²) in [6.07, 6.45) is 5.29. The van der Waals surface area contributed by atoms with Crippen molar-refractivity contribution in [3.8, 4) is 0 Å². The molecule has 1 aromatic rings. The van der Waals surface area contributed by atoms with Gasteiger partial charge in [0.25, 0.3) is 0 Å². The van der Waals surface area contributed by atoms with Crippen molar-refractivity contribution in [2.24, 2.45) is 0 Å². The van der Waals surface area contributed by atoms with Crippen LogP contribution in [0, 0.1) is 0 Å². The molecule has 1 unspecified atom stereocenters. The lowest BCUT2D eigenvalue weighted by atomic mass is 10.1. The Morgan fingerprint density at radius 1 is 1.33 bits per heavy atom. The van der Waals surface area contributed by atoms with Crippen LogP contribution in [0.1, 0.15) is 23.2 Å². The number of nitrogens with zero attached hydrogens (tertiary/aromatic N) is 4. The van der Waals surface area contributed by atoms with Gasteiger partial charge in [-0.15, -0.1) is 0 Å². The summed E-state index contributed by atoms with van der Waals surface area (Å²) in [4.78, 5) is 36.3. The average molecular weight is 351 g/mol. The fraction of sp³-hybridized carbons (Fsp3) is 0.600. The molecule has 0 bridgehead atoms. The number of carboxylic acids is 1. The largest absolute Gasteiger partial charge is 0.477 e. The first-order valence-corrected chi connectivity index (χ1v) is 9.24. The van der Waals surface area contributed by atoms with Crippen molar-refractivity contribution >= 4 is 29.5 Å². The van der Waals surface area contributed by atoms with Gasteiger partial charge >= 0.3 is 5.97 Å². The maximum Gasteiger partial charge on any atom is 0.341 e. The summed E-state index contributed by atoms with van der Waals surface area (Å²) in [6, 6.07) is -0.328. The fourth-order valence-corrected chi connectivity index (χ4v) is 3.45. The second-order valence-electron chi connectivity index (χ2n) is 5.88. The van der Waals surface area contributed by atoms with Gasteiger partial charge in [0.1, 0.15) is 17.4 Å². The molecule has 0 saturated carbocycles. The number of anilines is 1. The van der Waals surface area contributed by atoms with Crippen LogP contribution < -0.4 is 10.2 Å². The Bertz CT molecular complexity index is 636. The van der Waals surface area contributed by atoms with Crippen LogP contribution in [0.4, 0.5) is 5.82 Å². The van der Waals surface area contributed by atoms with E-state index in [1.807, 2.05) is 16.1 Å². The fourth-order valence-electron chi connectivity index (χ4n) is 3.11. The molecule has 0 aliphatic carbocycles. The molecule has 0 aromatic carbocycles. The van der Waals surface area contributed by atoms with Gasteiger partial charge in [-0.05, 0) is 19.1 Å². The molecule has 24 heavy (non-hydrogen) atoms. The van der Waals surface area contributed by atoms with Crippen LogP contribution in [-0.2, 0) is 4.79 Å². The smallest absolute Gasteiger partial charge is 0.341 e. The first-order valence-electron chi connectivity index (χ1n) is 8.01. The highest BCUT2D eigenvalue weighted by molar-refractivity contribution is 7.98. The van der Waals surface area contributed by atoms with Crippen LogP contribution in [0.15, 0.2) is 11.4 Å². The summed E-state index contributed by atoms with van der Waals surface area (Å²) in [5, 5.41) is 13.2. The lowest BCUT2D eigenvalue weighted by Gasteiger charge is -2.35. The number of nitrogens with one attached hydrogen (secondary N) is 1. The topological polar surface area (TPSA) is 98.7 Å². The van der Waals surface area contributed by atoms with Crippen LogP contribution in [0.3, 0.4) is 0 Å². The van der Waals surface area contributed by atoms with E-state index in [1.165, 1.54) is 18.0 Å². The van der Waals surface area contributed by atoms with E-state index in [2.05, 4.69) is 15.3 Å². The Kier molecular flexibility index (Phi) is 5.20. The number of carboxylic acid groups (broad SMARTS) is 1. The van der Waals surface area contributed by atoms with Crippen molar-refractivity contribution in [1.82, 2.24) is 20.2 Å². The number of carbonyl (C=O) groups is 2. The number of hydrogen-bond donors (Lipinski definition) is 2. The van der Waals surface area contributed by atoms with Gasteiger partial charge in [-0.1, -0.05) is 11.8 Å². The molecule has 0 spiro atoms. The van der Waals surface area contributed by atoms with Gasteiger partial charge in [-0.3, -0.25) is 4.79 Å². The molecule has 130 valence electrons. The zero-order valence-electron chi connectivity index (χ0n) is 13.6. The highest BCUT2D eigenvalue weighted by Gasteiger charge is 2.32. The zero-order valence-corrected chi connectivity index (χ0v) is 14.4. The monoisotopic (exact) mass is 351 g/mol. The molecule has 1 amide bonds. The van der Waals surface area contributed by atoms with E-state index < -0.39 is 5.97 Å². The number of rotatable bonds is 4. The molecule has 1 aromatic heterocycles. The number of aromatic carboxylic acids is 1. The molecule has 8 nitrogen and oxygen atoms in total. The summed E-state index contributed by atoms with van der Waals surface area (Å²) in [7, 11) is 0. The van der Waals surface area contributed by atoms with E-state index in [1.54, 1.807) is 0 Å². The maximum atomic E-state index is 12.6. The van der Waals surface area contributed by atoms with E-state index in [0.29, 0.717) is 30.6 Å². The minimum absolute atomic E-state index is 0.0714. The first-order chi connectivity index (χ1) is 11.6. The number of likely N-dealkylation sites (tertiary alicyclic amines) is 1. The van der Waals surface area contributed by atoms with Crippen molar-refractivity contribution in [3.05, 3.63) is 11.8 Å². The summed E-state index contributed by atoms with van der Waals surface area (Å²) in [5.41, 5.74) is 0.0714. The Hall–Kier alpha value is -1.87. The third kappa shape index (κ3) is 3.46. The second-order valence-corrected chi connectivity index (χ2v) is 6.66. The third-order valence-electron chi connectivity index (χ3n) is 4.35. The minimum Gasteiger partial charge on any atom is -0.477 e. The van der Waals surface area contributed by atoms with E-state index in [9.17, 15) is 14.7 Å². The number of aromatic nitrogens is 2. The van der Waals surface area contributed by atoms with Gasteiger partial charge in [0.2, 0.25) is 5.91 Å².